The predicted molar refractivity (Wildman–Crippen MR) is 197 cm³/mol. The number of aromatic nitrogens is 4. The zero-order valence-electron chi connectivity index (χ0n) is 28.3. The first-order chi connectivity index (χ1) is 24.7. The summed E-state index contributed by atoms with van der Waals surface area (Å²) in [7, 11) is 3.29. The molecule has 3 aromatic heterocycles. The molecule has 0 aliphatic carbocycles. The Hall–Kier alpha value is -4.75. The summed E-state index contributed by atoms with van der Waals surface area (Å²) in [4.78, 5) is 41.2. The highest BCUT2D eigenvalue weighted by Crippen LogP contribution is 2.42. The van der Waals surface area contributed by atoms with Crippen LogP contribution in [0.25, 0.3) is 39.0 Å². The highest BCUT2D eigenvalue weighted by Gasteiger charge is 2.23. The van der Waals surface area contributed by atoms with E-state index >= 15 is 0 Å². The fourth-order valence-corrected chi connectivity index (χ4v) is 7.38. The van der Waals surface area contributed by atoms with Gasteiger partial charge >= 0.3 is 0 Å². The van der Waals surface area contributed by atoms with Crippen LogP contribution < -0.4 is 31.6 Å². The Labute approximate surface area is 304 Å². The van der Waals surface area contributed by atoms with Crippen LogP contribution in [0.3, 0.4) is 0 Å². The summed E-state index contributed by atoms with van der Waals surface area (Å²) in [6.07, 6.45) is 3.69. The van der Waals surface area contributed by atoms with Gasteiger partial charge in [-0.3, -0.25) is 19.0 Å². The van der Waals surface area contributed by atoms with Crippen LogP contribution in [-0.2, 0) is 29.7 Å². The van der Waals surface area contributed by atoms with Crippen molar-refractivity contribution in [2.45, 2.75) is 38.4 Å². The molecule has 0 unspecified atom stereocenters. The molecule has 14 heteroatoms. The summed E-state index contributed by atoms with van der Waals surface area (Å²) in [5.41, 5.74) is 5.44. The molecule has 7 rings (SSSR count). The maximum absolute atomic E-state index is 13.4. The number of ether oxygens (including phenoxy) is 1. The average molecular weight is 730 g/mol. The van der Waals surface area contributed by atoms with Crippen molar-refractivity contribution in [2.24, 2.45) is 13.0 Å². The lowest BCUT2D eigenvalue weighted by Gasteiger charge is -2.15. The van der Waals surface area contributed by atoms with Crippen molar-refractivity contribution >= 4 is 40.5 Å². The minimum Gasteiger partial charge on any atom is -0.481 e. The number of amides is 2. The summed E-state index contributed by atoms with van der Waals surface area (Å²) >= 11 is 14.2. The smallest absolute Gasteiger partial charge is 0.277 e. The molecule has 4 N–H and O–H groups in total. The number of pyridine rings is 1. The molecule has 5 aromatic rings. The van der Waals surface area contributed by atoms with Gasteiger partial charge in [-0.05, 0) is 24.5 Å². The van der Waals surface area contributed by atoms with Crippen LogP contribution in [-0.4, -0.2) is 63.8 Å². The number of nitrogens with zero attached hydrogens (tertiary/aromatic N) is 4. The third-order valence-electron chi connectivity index (χ3n) is 9.51. The van der Waals surface area contributed by atoms with Crippen LogP contribution in [0.4, 0.5) is 0 Å². The minimum absolute atomic E-state index is 0.0624. The van der Waals surface area contributed by atoms with Gasteiger partial charge in [-0.25, -0.2) is 9.50 Å². The lowest BCUT2D eigenvalue weighted by molar-refractivity contribution is -0.120. The largest absolute Gasteiger partial charge is 0.481 e. The molecule has 2 aliphatic rings. The van der Waals surface area contributed by atoms with E-state index in [0.29, 0.717) is 78.5 Å². The Morgan fingerprint density at radius 2 is 1.65 bits per heavy atom. The van der Waals surface area contributed by atoms with Crippen molar-refractivity contribution in [3.8, 4) is 39.4 Å². The number of hydrogen-bond acceptors (Lipinski definition) is 8. The second-order valence-electron chi connectivity index (χ2n) is 13.0. The van der Waals surface area contributed by atoms with Gasteiger partial charge in [0, 0.05) is 91.7 Å². The molecule has 0 spiro atoms. The Balaban J connectivity index is 1.13. The topological polar surface area (TPSA) is 144 Å². The van der Waals surface area contributed by atoms with E-state index in [9.17, 15) is 14.4 Å². The maximum atomic E-state index is 13.4. The molecule has 264 valence electrons. The third kappa shape index (κ3) is 7.22. The Morgan fingerprint density at radius 1 is 0.922 bits per heavy atom. The van der Waals surface area contributed by atoms with Crippen LogP contribution in [0.2, 0.25) is 10.0 Å². The monoisotopic (exact) mass is 728 g/mol. The molecule has 2 saturated heterocycles. The summed E-state index contributed by atoms with van der Waals surface area (Å²) in [5, 5.41) is 18.2. The first-order valence-electron chi connectivity index (χ1n) is 16.9. The van der Waals surface area contributed by atoms with Crippen LogP contribution in [0.15, 0.2) is 65.6 Å². The van der Waals surface area contributed by atoms with E-state index in [4.69, 9.17) is 38.0 Å². The number of benzene rings is 2. The molecule has 12 nitrogen and oxygen atoms in total. The molecule has 5 heterocycles. The molecule has 2 aliphatic heterocycles. The average Bonchev–Trinajstić information content (AvgIpc) is 3.87. The maximum Gasteiger partial charge on any atom is 0.277 e. The van der Waals surface area contributed by atoms with Gasteiger partial charge in [0.05, 0.1) is 29.4 Å². The molecule has 51 heavy (non-hydrogen) atoms. The first kappa shape index (κ1) is 34.7. The van der Waals surface area contributed by atoms with E-state index in [2.05, 4.69) is 21.3 Å². The standard InChI is InChI=1S/C37H38Cl2N8O4/c1-46-31(19-40-15-21-13-33(49)42-16-21)45-47-20-23(14-30(47)37(46)50)25-5-3-6-26(34(25)38)27-7-4-8-28(35(27)39)29-11-9-22(36(44-29)51-2)17-41-18-24-10-12-32(48)43-24/h3-9,11,14,20-21,24,40-41H,10,12-13,15-19H2,1-2H3,(H,42,49)(H,43,48)/t21-,24+/m0/s1. The molecular weight excluding hydrogens is 691 g/mol. The van der Waals surface area contributed by atoms with Crippen molar-refractivity contribution in [3.63, 3.8) is 0 Å². The fourth-order valence-electron chi connectivity index (χ4n) is 6.72. The van der Waals surface area contributed by atoms with Gasteiger partial charge < -0.3 is 26.0 Å². The number of halogens is 2. The van der Waals surface area contributed by atoms with Gasteiger partial charge in [0.2, 0.25) is 17.7 Å². The van der Waals surface area contributed by atoms with Crippen molar-refractivity contribution in [1.82, 2.24) is 40.4 Å². The van der Waals surface area contributed by atoms with Crippen molar-refractivity contribution in [3.05, 3.63) is 92.6 Å². The van der Waals surface area contributed by atoms with E-state index < -0.39 is 0 Å². The van der Waals surface area contributed by atoms with E-state index in [0.717, 1.165) is 39.8 Å². The quantitative estimate of drug-likeness (QED) is 0.149. The number of carbonyl (C=O) groups excluding carboxylic acids is 2. The lowest BCUT2D eigenvalue weighted by atomic mass is 9.97. The highest BCUT2D eigenvalue weighted by atomic mass is 35.5. The van der Waals surface area contributed by atoms with Crippen molar-refractivity contribution in [1.29, 1.82) is 0 Å². The van der Waals surface area contributed by atoms with E-state index in [1.54, 1.807) is 30.9 Å². The highest BCUT2D eigenvalue weighted by molar-refractivity contribution is 6.39. The van der Waals surface area contributed by atoms with Gasteiger partial charge in [-0.1, -0.05) is 65.7 Å². The van der Waals surface area contributed by atoms with E-state index in [1.165, 1.54) is 4.57 Å². The molecule has 2 amide bonds. The number of nitrogens with one attached hydrogen (secondary N) is 4. The molecule has 0 saturated carbocycles. The number of methoxy groups -OCH3 is 1. The fraction of sp³-hybridized carbons (Fsp3) is 0.324. The molecule has 2 aromatic carbocycles. The molecular formula is C37H38Cl2N8O4. The molecule has 2 fully saturated rings. The van der Waals surface area contributed by atoms with Gasteiger partial charge in [-0.15, -0.1) is 0 Å². The lowest BCUT2D eigenvalue weighted by Crippen LogP contribution is -2.35. The summed E-state index contributed by atoms with van der Waals surface area (Å²) in [5.74, 6) is 1.43. The second kappa shape index (κ2) is 14.8. The Morgan fingerprint density at radius 3 is 2.35 bits per heavy atom. The second-order valence-corrected chi connectivity index (χ2v) is 13.7. The van der Waals surface area contributed by atoms with Gasteiger partial charge in [0.25, 0.3) is 5.56 Å². The Kier molecular flexibility index (Phi) is 10.1. The van der Waals surface area contributed by atoms with E-state index in [1.807, 2.05) is 48.5 Å². The molecule has 0 radical (unpaired) electrons. The van der Waals surface area contributed by atoms with Crippen molar-refractivity contribution < 1.29 is 14.3 Å². The Bertz CT molecular complexity index is 2200. The number of rotatable bonds is 12. The zero-order valence-corrected chi connectivity index (χ0v) is 29.8. The third-order valence-corrected chi connectivity index (χ3v) is 10.3. The predicted octanol–water partition coefficient (Wildman–Crippen LogP) is 4.34. The number of hydrogen-bond donors (Lipinski definition) is 4. The van der Waals surface area contributed by atoms with Gasteiger partial charge in [0.1, 0.15) is 11.3 Å². The SMILES string of the molecule is COc1nc(-c2cccc(-c3cccc(-c4cc5c(=O)n(C)c(CNC[C@H]6CNC(=O)C6)nn5c4)c3Cl)c2Cl)ccc1CNC[C@H]1CCC(=O)N1. The van der Waals surface area contributed by atoms with Gasteiger partial charge in [0.15, 0.2) is 0 Å². The number of carbonyl (C=O) groups is 2. The van der Waals surface area contributed by atoms with Gasteiger partial charge in [-0.2, -0.15) is 5.10 Å². The van der Waals surface area contributed by atoms with Crippen molar-refractivity contribution in [2.75, 3.05) is 26.7 Å². The summed E-state index contributed by atoms with van der Waals surface area (Å²) < 4.78 is 8.78. The molecule has 0 bridgehead atoms. The zero-order chi connectivity index (χ0) is 35.6. The van der Waals surface area contributed by atoms with Crippen LogP contribution in [0.5, 0.6) is 5.88 Å². The normalized spacial score (nSPS) is 17.3. The summed E-state index contributed by atoms with van der Waals surface area (Å²) in [6, 6.07) is 17.3. The molecule has 2 atom stereocenters. The van der Waals surface area contributed by atoms with Crippen LogP contribution in [0.1, 0.15) is 30.7 Å². The summed E-state index contributed by atoms with van der Waals surface area (Å²) in [6.45, 7) is 2.88. The minimum atomic E-state index is -0.180. The van der Waals surface area contributed by atoms with E-state index in [-0.39, 0.29) is 29.3 Å². The van der Waals surface area contributed by atoms with Crippen LogP contribution in [0, 0.1) is 5.92 Å². The number of fused-ring (bicyclic) bond motifs is 1. The van der Waals surface area contributed by atoms with Crippen LogP contribution >= 0.6 is 23.2 Å². The first-order valence-corrected chi connectivity index (χ1v) is 17.6.